The lowest BCUT2D eigenvalue weighted by molar-refractivity contribution is 0.0817. The number of hydrogen-bond acceptors (Lipinski definition) is 6. The van der Waals surface area contributed by atoms with Gasteiger partial charge >= 0.3 is 12.0 Å². The number of hydrogen-bond donors (Lipinski definition) is 2. The molecule has 1 aromatic heterocycles. The van der Waals surface area contributed by atoms with E-state index in [1.165, 1.54) is 0 Å². The maximum atomic E-state index is 13.1. The van der Waals surface area contributed by atoms with Gasteiger partial charge in [-0.1, -0.05) is 24.3 Å². The maximum Gasteiger partial charge on any atom is 0.322 e. The minimum atomic E-state index is -0.285. The van der Waals surface area contributed by atoms with Gasteiger partial charge in [-0.25, -0.2) is 14.8 Å². The first-order valence-corrected chi connectivity index (χ1v) is 10.2. The van der Waals surface area contributed by atoms with Crippen molar-refractivity contribution in [3.8, 4) is 17.5 Å². The number of phenols is 1. The number of rotatable bonds is 7. The fourth-order valence-corrected chi connectivity index (χ4v) is 3.39. The number of ether oxygens (including phenoxy) is 2. The number of carbonyl (C=O) groups is 1. The Morgan fingerprint density at radius 2 is 2.00 bits per heavy atom. The van der Waals surface area contributed by atoms with Crippen molar-refractivity contribution >= 4 is 11.7 Å². The van der Waals surface area contributed by atoms with Gasteiger partial charge in [0.25, 0.3) is 0 Å². The van der Waals surface area contributed by atoms with Crippen molar-refractivity contribution < 1.29 is 19.4 Å². The van der Waals surface area contributed by atoms with Crippen LogP contribution in [0.4, 0.5) is 10.5 Å². The van der Waals surface area contributed by atoms with Gasteiger partial charge in [0.15, 0.2) is 0 Å². The molecule has 31 heavy (non-hydrogen) atoms. The molecule has 160 valence electrons. The second kappa shape index (κ2) is 9.90. The Kier molecular flexibility index (Phi) is 6.59. The summed E-state index contributed by atoms with van der Waals surface area (Å²) in [6.45, 7) is 1.41. The molecule has 2 N–H and O–H groups in total. The molecule has 1 aliphatic rings. The Labute approximate surface area is 180 Å². The third-order valence-electron chi connectivity index (χ3n) is 4.92. The largest absolute Gasteiger partial charge is 0.508 e. The van der Waals surface area contributed by atoms with E-state index in [1.807, 2.05) is 6.07 Å². The van der Waals surface area contributed by atoms with Crippen LogP contribution in [0, 0.1) is 0 Å². The highest BCUT2D eigenvalue weighted by atomic mass is 16.5. The summed E-state index contributed by atoms with van der Waals surface area (Å²) in [5.74, 6) is 0.668. The molecule has 0 bridgehead atoms. The normalized spacial score (nSPS) is 15.4. The number of urea groups is 1. The van der Waals surface area contributed by atoms with E-state index in [2.05, 4.69) is 15.3 Å². The quantitative estimate of drug-likeness (QED) is 0.595. The van der Waals surface area contributed by atoms with E-state index in [0.29, 0.717) is 30.2 Å². The van der Waals surface area contributed by atoms with Crippen LogP contribution in [-0.2, 0) is 11.3 Å². The molecule has 0 spiro atoms. The van der Waals surface area contributed by atoms with Gasteiger partial charge in [-0.15, -0.1) is 0 Å². The van der Waals surface area contributed by atoms with Crippen LogP contribution in [0.1, 0.15) is 18.4 Å². The smallest absolute Gasteiger partial charge is 0.322 e. The van der Waals surface area contributed by atoms with E-state index < -0.39 is 0 Å². The molecule has 8 heteroatoms. The number of carbonyl (C=O) groups excluding carboxylic acids is 1. The molecule has 0 radical (unpaired) electrons. The first-order chi connectivity index (χ1) is 15.2. The summed E-state index contributed by atoms with van der Waals surface area (Å²) in [6, 6.07) is 15.7. The first-order valence-electron chi connectivity index (χ1n) is 10.2. The summed E-state index contributed by atoms with van der Waals surface area (Å²) in [5.41, 5.74) is 1.25. The van der Waals surface area contributed by atoms with Crippen molar-refractivity contribution in [2.75, 3.05) is 18.5 Å². The van der Waals surface area contributed by atoms with Crippen molar-refractivity contribution in [3.63, 3.8) is 0 Å². The van der Waals surface area contributed by atoms with E-state index in [9.17, 15) is 9.90 Å². The number of anilines is 1. The van der Waals surface area contributed by atoms with E-state index in [-0.39, 0.29) is 30.4 Å². The highest BCUT2D eigenvalue weighted by Crippen LogP contribution is 2.24. The van der Waals surface area contributed by atoms with E-state index in [1.54, 1.807) is 65.8 Å². The van der Waals surface area contributed by atoms with Crippen LogP contribution in [-0.4, -0.2) is 45.3 Å². The van der Waals surface area contributed by atoms with Crippen LogP contribution < -0.4 is 10.1 Å². The minimum Gasteiger partial charge on any atom is -0.508 e. The average Bonchev–Trinajstić information content (AvgIpc) is 3.29. The first kappa shape index (κ1) is 20.6. The second-order valence-corrected chi connectivity index (χ2v) is 7.24. The molecule has 1 aliphatic heterocycles. The van der Waals surface area contributed by atoms with Crippen molar-refractivity contribution in [2.45, 2.75) is 25.5 Å². The summed E-state index contributed by atoms with van der Waals surface area (Å²) >= 11 is 0. The van der Waals surface area contributed by atoms with Crippen LogP contribution >= 0.6 is 0 Å². The zero-order valence-electron chi connectivity index (χ0n) is 17.0. The van der Waals surface area contributed by atoms with Gasteiger partial charge in [0.2, 0.25) is 0 Å². The maximum absolute atomic E-state index is 13.1. The highest BCUT2D eigenvalue weighted by Gasteiger charge is 2.23. The van der Waals surface area contributed by atoms with Crippen LogP contribution in [0.15, 0.2) is 67.0 Å². The molecule has 3 aromatic rings. The minimum absolute atomic E-state index is 0.0125. The summed E-state index contributed by atoms with van der Waals surface area (Å²) < 4.78 is 11.4. The highest BCUT2D eigenvalue weighted by molar-refractivity contribution is 5.89. The Hall–Kier alpha value is -3.65. The molecule has 0 aliphatic carbocycles. The monoisotopic (exact) mass is 420 g/mol. The van der Waals surface area contributed by atoms with Crippen LogP contribution in [0.3, 0.4) is 0 Å². The summed E-state index contributed by atoms with van der Waals surface area (Å²) in [7, 11) is 0. The summed E-state index contributed by atoms with van der Waals surface area (Å²) in [4.78, 5) is 22.8. The summed E-state index contributed by atoms with van der Waals surface area (Å²) in [5, 5.41) is 13.1. The summed E-state index contributed by atoms with van der Waals surface area (Å²) in [6.07, 6.45) is 5.07. The number of para-hydroxylation sites is 1. The number of nitrogens with one attached hydrogen (secondary N) is 1. The van der Waals surface area contributed by atoms with Crippen LogP contribution in [0.5, 0.6) is 17.5 Å². The SMILES string of the molecule is O=C(Nc1cccc(Oc2ncccn2)c1)N(Cc1ccccc1O)CC1CCCO1. The van der Waals surface area contributed by atoms with E-state index >= 15 is 0 Å². The average molecular weight is 420 g/mol. The molecule has 8 nitrogen and oxygen atoms in total. The Morgan fingerprint density at radius 1 is 1.16 bits per heavy atom. The third kappa shape index (κ3) is 5.70. The van der Waals surface area contributed by atoms with Crippen molar-refractivity contribution in [3.05, 3.63) is 72.6 Å². The van der Waals surface area contributed by atoms with Gasteiger partial charge < -0.3 is 24.8 Å². The molecule has 1 atom stereocenters. The molecule has 2 aromatic carbocycles. The molecule has 0 saturated carbocycles. The molecule has 1 saturated heterocycles. The van der Waals surface area contributed by atoms with Gasteiger partial charge in [-0.2, -0.15) is 0 Å². The number of phenolic OH excluding ortho intramolecular Hbond substituents is 1. The number of amides is 2. The van der Waals surface area contributed by atoms with Gasteiger partial charge in [0, 0.05) is 42.9 Å². The molecule has 1 unspecified atom stereocenters. The number of nitrogens with zero attached hydrogens (tertiary/aromatic N) is 3. The van der Waals surface area contributed by atoms with Crippen molar-refractivity contribution in [1.82, 2.24) is 14.9 Å². The molecular formula is C23H24N4O4. The Balaban J connectivity index is 1.47. The van der Waals surface area contributed by atoms with Crippen molar-refractivity contribution in [1.29, 1.82) is 0 Å². The lowest BCUT2D eigenvalue weighted by atomic mass is 10.1. The standard InChI is InChI=1S/C23H24N4O4/c28-21-10-2-1-6-17(21)15-27(16-20-9-4-13-30-20)23(29)26-18-7-3-8-19(14-18)31-22-24-11-5-12-25-22/h1-3,5-8,10-12,14,20,28H,4,9,13,15-16H2,(H,26,29). The fraction of sp³-hybridized carbons (Fsp3) is 0.261. The van der Waals surface area contributed by atoms with Gasteiger partial charge in [-0.3, -0.25) is 0 Å². The molecule has 1 fully saturated rings. The Bertz CT molecular complexity index is 1010. The molecular weight excluding hydrogens is 396 g/mol. The topological polar surface area (TPSA) is 96.8 Å². The zero-order chi connectivity index (χ0) is 21.5. The zero-order valence-corrected chi connectivity index (χ0v) is 17.0. The molecule has 2 amide bonds. The number of benzene rings is 2. The predicted octanol–water partition coefficient (Wildman–Crippen LogP) is 4.19. The predicted molar refractivity (Wildman–Crippen MR) is 115 cm³/mol. The number of aromatic hydroxyl groups is 1. The van der Waals surface area contributed by atoms with Crippen LogP contribution in [0.2, 0.25) is 0 Å². The number of aromatic nitrogens is 2. The Morgan fingerprint density at radius 3 is 2.77 bits per heavy atom. The fourth-order valence-electron chi connectivity index (χ4n) is 3.39. The lowest BCUT2D eigenvalue weighted by Crippen LogP contribution is -2.39. The van der Waals surface area contributed by atoms with Gasteiger partial charge in [-0.05, 0) is 37.1 Å². The van der Waals surface area contributed by atoms with Gasteiger partial charge in [0.1, 0.15) is 11.5 Å². The van der Waals surface area contributed by atoms with Crippen LogP contribution in [0.25, 0.3) is 0 Å². The van der Waals surface area contributed by atoms with E-state index in [4.69, 9.17) is 9.47 Å². The lowest BCUT2D eigenvalue weighted by Gasteiger charge is -2.26. The molecule has 4 rings (SSSR count). The van der Waals surface area contributed by atoms with Gasteiger partial charge in [0.05, 0.1) is 12.6 Å². The second-order valence-electron chi connectivity index (χ2n) is 7.24. The van der Waals surface area contributed by atoms with E-state index in [0.717, 1.165) is 12.8 Å². The van der Waals surface area contributed by atoms with Crippen molar-refractivity contribution in [2.24, 2.45) is 0 Å². The third-order valence-corrected chi connectivity index (χ3v) is 4.92. The molecule has 2 heterocycles.